The first-order chi connectivity index (χ1) is 15.9. The summed E-state index contributed by atoms with van der Waals surface area (Å²) in [6.45, 7) is 2.14. The average Bonchev–Trinajstić information content (AvgIpc) is 3.06. The number of carboxylic acid groups (broad SMARTS) is 1. The van der Waals surface area contributed by atoms with Crippen LogP contribution in [0.5, 0.6) is 5.75 Å². The molecule has 0 amide bonds. The second-order valence-corrected chi connectivity index (χ2v) is 10.5. The zero-order valence-corrected chi connectivity index (χ0v) is 20.9. The fourth-order valence-corrected chi connectivity index (χ4v) is 6.27. The maximum absolute atomic E-state index is 11.7. The van der Waals surface area contributed by atoms with Gasteiger partial charge in [-0.2, -0.15) is 11.8 Å². The highest BCUT2D eigenvalue weighted by molar-refractivity contribution is 8.00. The minimum absolute atomic E-state index is 0.0182. The number of unbranched alkanes of at least 4 members (excludes halogenated alkanes) is 4. The van der Waals surface area contributed by atoms with Crippen molar-refractivity contribution in [1.29, 1.82) is 0 Å². The summed E-state index contributed by atoms with van der Waals surface area (Å²) in [5, 5.41) is 40.7. The summed E-state index contributed by atoms with van der Waals surface area (Å²) in [6, 6.07) is 7.20. The number of aliphatic hydroxyl groups is 3. The van der Waals surface area contributed by atoms with Crippen LogP contribution < -0.4 is 4.74 Å². The van der Waals surface area contributed by atoms with Crippen LogP contribution in [0, 0.1) is 5.92 Å². The van der Waals surface area contributed by atoms with Crippen molar-refractivity contribution in [2.24, 2.45) is 5.92 Å². The highest BCUT2D eigenvalue weighted by Crippen LogP contribution is 2.39. The molecule has 0 aromatic heterocycles. The van der Waals surface area contributed by atoms with E-state index >= 15 is 0 Å². The number of aliphatic hydroxyl groups excluding tert-OH is 3. The normalized spacial score (nSPS) is 24.5. The predicted molar refractivity (Wildman–Crippen MR) is 133 cm³/mol. The Morgan fingerprint density at radius 3 is 2.39 bits per heavy atom. The van der Waals surface area contributed by atoms with Gasteiger partial charge in [-0.15, -0.1) is 0 Å². The number of thioether (sulfide) groups is 1. The summed E-state index contributed by atoms with van der Waals surface area (Å²) in [5.41, 5.74) is 0.784. The van der Waals surface area contributed by atoms with E-state index in [1.807, 2.05) is 12.1 Å². The Balaban J connectivity index is 1.76. The lowest BCUT2D eigenvalue weighted by atomic mass is 9.91. The van der Waals surface area contributed by atoms with Crippen molar-refractivity contribution in [3.8, 4) is 5.75 Å². The van der Waals surface area contributed by atoms with E-state index in [2.05, 4.69) is 6.92 Å². The SMILES string of the molecule is CCCCCC(O)CS[C@H]1C(O)CC(O)[C@@H]1CCCCCC(C(=O)O)c1ccc(OC)cc1. The maximum atomic E-state index is 11.7. The Morgan fingerprint density at radius 1 is 1.06 bits per heavy atom. The van der Waals surface area contributed by atoms with Crippen LogP contribution in [0.2, 0.25) is 0 Å². The fourth-order valence-electron chi connectivity index (χ4n) is 4.76. The summed E-state index contributed by atoms with van der Waals surface area (Å²) >= 11 is 1.60. The van der Waals surface area contributed by atoms with Crippen LogP contribution in [0.3, 0.4) is 0 Å². The maximum Gasteiger partial charge on any atom is 0.310 e. The molecule has 0 radical (unpaired) electrons. The van der Waals surface area contributed by atoms with E-state index < -0.39 is 24.1 Å². The van der Waals surface area contributed by atoms with Gasteiger partial charge in [0, 0.05) is 17.4 Å². The van der Waals surface area contributed by atoms with Crippen molar-refractivity contribution in [1.82, 2.24) is 0 Å². The van der Waals surface area contributed by atoms with Gasteiger partial charge in [-0.25, -0.2) is 0 Å². The molecule has 0 saturated heterocycles. The van der Waals surface area contributed by atoms with E-state index in [-0.39, 0.29) is 17.3 Å². The monoisotopic (exact) mass is 482 g/mol. The molecule has 0 spiro atoms. The third-order valence-corrected chi connectivity index (χ3v) is 8.37. The van der Waals surface area contributed by atoms with Crippen molar-refractivity contribution in [2.75, 3.05) is 12.9 Å². The Bertz CT molecular complexity index is 682. The lowest BCUT2D eigenvalue weighted by Crippen LogP contribution is -2.27. The predicted octanol–water partition coefficient (Wildman–Crippen LogP) is 4.60. The van der Waals surface area contributed by atoms with E-state index in [0.717, 1.165) is 56.9 Å². The first kappa shape index (κ1) is 28.0. The summed E-state index contributed by atoms with van der Waals surface area (Å²) in [4.78, 5) is 11.7. The summed E-state index contributed by atoms with van der Waals surface area (Å²) in [7, 11) is 1.59. The molecule has 0 aliphatic heterocycles. The summed E-state index contributed by atoms with van der Waals surface area (Å²) in [5.74, 6) is -0.0295. The van der Waals surface area contributed by atoms with Crippen LogP contribution in [-0.2, 0) is 4.79 Å². The minimum Gasteiger partial charge on any atom is -0.497 e. The molecule has 33 heavy (non-hydrogen) atoms. The van der Waals surface area contributed by atoms with Gasteiger partial charge in [-0.05, 0) is 42.9 Å². The Morgan fingerprint density at radius 2 is 1.76 bits per heavy atom. The van der Waals surface area contributed by atoms with Crippen molar-refractivity contribution in [3.63, 3.8) is 0 Å². The molecule has 1 aromatic rings. The molecule has 1 aliphatic rings. The van der Waals surface area contributed by atoms with Crippen molar-refractivity contribution in [3.05, 3.63) is 29.8 Å². The number of rotatable bonds is 16. The van der Waals surface area contributed by atoms with Gasteiger partial charge in [0.25, 0.3) is 0 Å². The number of hydrogen-bond donors (Lipinski definition) is 4. The van der Waals surface area contributed by atoms with Gasteiger partial charge in [0.2, 0.25) is 0 Å². The van der Waals surface area contributed by atoms with E-state index in [1.54, 1.807) is 31.0 Å². The third kappa shape index (κ3) is 9.12. The van der Waals surface area contributed by atoms with Crippen LogP contribution in [0.15, 0.2) is 24.3 Å². The van der Waals surface area contributed by atoms with E-state index in [9.17, 15) is 25.2 Å². The number of carbonyl (C=O) groups is 1. The number of benzene rings is 1. The third-order valence-electron chi connectivity index (χ3n) is 6.75. The average molecular weight is 483 g/mol. The van der Waals surface area contributed by atoms with Crippen molar-refractivity contribution >= 4 is 17.7 Å². The molecule has 1 saturated carbocycles. The first-order valence-electron chi connectivity index (χ1n) is 12.4. The smallest absolute Gasteiger partial charge is 0.310 e. The number of carboxylic acids is 1. The van der Waals surface area contributed by atoms with Crippen LogP contribution >= 0.6 is 11.8 Å². The molecular weight excluding hydrogens is 440 g/mol. The molecule has 4 N–H and O–H groups in total. The van der Waals surface area contributed by atoms with Gasteiger partial charge in [0.15, 0.2) is 0 Å². The van der Waals surface area contributed by atoms with Crippen LogP contribution in [-0.4, -0.2) is 62.8 Å². The highest BCUT2D eigenvalue weighted by atomic mass is 32.2. The van der Waals surface area contributed by atoms with Crippen LogP contribution in [0.1, 0.15) is 82.6 Å². The molecule has 1 aliphatic carbocycles. The lowest BCUT2D eigenvalue weighted by molar-refractivity contribution is -0.139. The first-order valence-corrected chi connectivity index (χ1v) is 13.4. The standard InChI is InChI=1S/C26H42O6S/c1-3-4-6-9-19(27)17-33-25-22(23(28)16-24(25)29)11-8-5-7-10-21(26(30)31)18-12-14-20(32-2)15-13-18/h12-15,19,21-25,27-29H,3-11,16-17H2,1-2H3,(H,30,31)/t19?,21?,22-,23?,24?,25+/m0/s1. The second kappa shape index (κ2) is 14.9. The van der Waals surface area contributed by atoms with Crippen molar-refractivity contribution in [2.45, 2.75) is 101 Å². The second-order valence-electron chi connectivity index (χ2n) is 9.28. The zero-order valence-electron chi connectivity index (χ0n) is 20.1. The summed E-state index contributed by atoms with van der Waals surface area (Å²) < 4.78 is 5.15. The number of aliphatic carboxylic acids is 1. The fraction of sp³-hybridized carbons (Fsp3) is 0.731. The van der Waals surface area contributed by atoms with Gasteiger partial charge < -0.3 is 25.2 Å². The Labute approximate surface area is 202 Å². The molecule has 0 heterocycles. The molecule has 188 valence electrons. The largest absolute Gasteiger partial charge is 0.497 e. The van der Waals surface area contributed by atoms with Gasteiger partial charge in [0.05, 0.1) is 31.3 Å². The minimum atomic E-state index is -0.816. The number of methoxy groups -OCH3 is 1. The Hall–Kier alpha value is -1.28. The van der Waals surface area contributed by atoms with Crippen molar-refractivity contribution < 1.29 is 30.0 Å². The van der Waals surface area contributed by atoms with E-state index in [1.165, 1.54) is 0 Å². The molecule has 1 aromatic carbocycles. The Kier molecular flexibility index (Phi) is 12.6. The van der Waals surface area contributed by atoms with Gasteiger partial charge in [-0.3, -0.25) is 4.79 Å². The van der Waals surface area contributed by atoms with E-state index in [0.29, 0.717) is 24.3 Å². The molecule has 1 fully saturated rings. The molecule has 6 atom stereocenters. The zero-order chi connectivity index (χ0) is 24.2. The van der Waals surface area contributed by atoms with Gasteiger partial charge >= 0.3 is 5.97 Å². The topological polar surface area (TPSA) is 107 Å². The van der Waals surface area contributed by atoms with Crippen LogP contribution in [0.25, 0.3) is 0 Å². The van der Waals surface area contributed by atoms with Gasteiger partial charge in [0.1, 0.15) is 5.75 Å². The molecule has 2 rings (SSSR count). The molecule has 6 nitrogen and oxygen atoms in total. The molecule has 7 heteroatoms. The summed E-state index contributed by atoms with van der Waals surface area (Å²) in [6.07, 6.45) is 6.98. The highest BCUT2D eigenvalue weighted by Gasteiger charge is 2.41. The quantitative estimate of drug-likeness (QED) is 0.255. The molecular formula is C26H42O6S. The number of hydrogen-bond acceptors (Lipinski definition) is 6. The lowest BCUT2D eigenvalue weighted by Gasteiger charge is -2.24. The molecule has 0 bridgehead atoms. The molecule has 4 unspecified atom stereocenters. The number of ether oxygens (including phenoxy) is 1. The van der Waals surface area contributed by atoms with E-state index in [4.69, 9.17) is 4.74 Å². The van der Waals surface area contributed by atoms with Crippen LogP contribution in [0.4, 0.5) is 0 Å². The van der Waals surface area contributed by atoms with Gasteiger partial charge in [-0.1, -0.05) is 57.6 Å².